The number of anilines is 2. The molecule has 74 valence electrons. The van der Waals surface area contributed by atoms with Gasteiger partial charge in [0.2, 0.25) is 5.13 Å². The van der Waals surface area contributed by atoms with Crippen molar-refractivity contribution in [3.05, 3.63) is 36.2 Å². The van der Waals surface area contributed by atoms with Crippen molar-refractivity contribution in [2.24, 2.45) is 0 Å². The Bertz CT molecular complexity index is 469. The third-order valence-corrected chi connectivity index (χ3v) is 2.76. The van der Waals surface area contributed by atoms with E-state index >= 15 is 0 Å². The highest BCUT2D eigenvalue weighted by Crippen LogP contribution is 2.23. The lowest BCUT2D eigenvalue weighted by atomic mass is 10.2. The highest BCUT2D eigenvalue weighted by Gasteiger charge is 2.06. The minimum Gasteiger partial charge on any atom is -0.320 e. The lowest BCUT2D eigenvalue weighted by Gasteiger charge is -2.14. The first-order valence-electron chi connectivity index (χ1n) is 4.32. The first-order chi connectivity index (χ1) is 7.31. The molecule has 0 aliphatic heterocycles. The van der Waals surface area contributed by atoms with E-state index in [0.29, 0.717) is 5.56 Å². The second-order valence-electron chi connectivity index (χ2n) is 2.94. The molecule has 2 rings (SSSR count). The van der Waals surface area contributed by atoms with E-state index in [1.165, 1.54) is 17.9 Å². The molecule has 0 aliphatic rings. The monoisotopic (exact) mass is 216 g/mol. The normalized spacial score (nSPS) is 9.60. The third-order valence-electron chi connectivity index (χ3n) is 2.02. The Kier molecular flexibility index (Phi) is 2.61. The van der Waals surface area contributed by atoms with E-state index in [0.717, 1.165) is 10.8 Å². The molecule has 2 aromatic rings. The smallest absolute Gasteiger partial charge is 0.209 e. The topological polar surface area (TPSA) is 52.8 Å². The molecule has 0 spiro atoms. The van der Waals surface area contributed by atoms with E-state index in [-0.39, 0.29) is 0 Å². The van der Waals surface area contributed by atoms with Gasteiger partial charge < -0.3 is 4.90 Å². The van der Waals surface area contributed by atoms with Crippen LogP contribution < -0.4 is 4.90 Å². The van der Waals surface area contributed by atoms with Gasteiger partial charge >= 0.3 is 0 Å². The van der Waals surface area contributed by atoms with Gasteiger partial charge in [0.1, 0.15) is 6.33 Å². The van der Waals surface area contributed by atoms with Crippen molar-refractivity contribution in [1.29, 1.82) is 5.26 Å². The summed E-state index contributed by atoms with van der Waals surface area (Å²) in [4.78, 5) is 6.03. The van der Waals surface area contributed by atoms with E-state index in [4.69, 9.17) is 5.26 Å². The molecule has 5 heteroatoms. The predicted octanol–water partition coefficient (Wildman–Crippen LogP) is 2.18. The molecule has 1 aromatic heterocycles. The number of benzene rings is 1. The minimum atomic E-state index is 0.657. The summed E-state index contributed by atoms with van der Waals surface area (Å²) in [5.74, 6) is 0. The van der Waals surface area contributed by atoms with E-state index in [1.807, 2.05) is 24.1 Å². The SMILES string of the molecule is CN(c1ccc(C#N)cc1)c1ncns1. The Morgan fingerprint density at radius 3 is 2.60 bits per heavy atom. The third kappa shape index (κ3) is 1.95. The first kappa shape index (κ1) is 9.62. The molecule has 15 heavy (non-hydrogen) atoms. The van der Waals surface area contributed by atoms with Gasteiger partial charge in [-0.2, -0.15) is 9.64 Å². The summed E-state index contributed by atoms with van der Waals surface area (Å²) in [6.07, 6.45) is 1.53. The fraction of sp³-hybridized carbons (Fsp3) is 0.100. The predicted molar refractivity (Wildman–Crippen MR) is 59.1 cm³/mol. The molecule has 1 heterocycles. The van der Waals surface area contributed by atoms with Gasteiger partial charge in [-0.05, 0) is 24.3 Å². The van der Waals surface area contributed by atoms with Crippen molar-refractivity contribution in [1.82, 2.24) is 9.36 Å². The maximum absolute atomic E-state index is 8.67. The summed E-state index contributed by atoms with van der Waals surface area (Å²) in [6.45, 7) is 0. The van der Waals surface area contributed by atoms with Gasteiger partial charge in [0.25, 0.3) is 0 Å². The van der Waals surface area contributed by atoms with Crippen LogP contribution in [0.15, 0.2) is 30.6 Å². The zero-order chi connectivity index (χ0) is 10.7. The Balaban J connectivity index is 2.27. The second-order valence-corrected chi connectivity index (χ2v) is 3.70. The molecule has 0 unspecified atom stereocenters. The number of rotatable bonds is 2. The summed E-state index contributed by atoms with van der Waals surface area (Å²) >= 11 is 1.34. The average molecular weight is 216 g/mol. The van der Waals surface area contributed by atoms with Crippen LogP contribution in [0.1, 0.15) is 5.56 Å². The van der Waals surface area contributed by atoms with Crippen molar-refractivity contribution < 1.29 is 0 Å². The molecule has 0 atom stereocenters. The molecule has 0 amide bonds. The number of nitrogens with zero attached hydrogens (tertiary/aromatic N) is 4. The molecule has 1 aromatic carbocycles. The Morgan fingerprint density at radius 1 is 1.33 bits per heavy atom. The second kappa shape index (κ2) is 4.07. The molecule has 0 aliphatic carbocycles. The van der Waals surface area contributed by atoms with Crippen LogP contribution >= 0.6 is 11.5 Å². The molecular weight excluding hydrogens is 208 g/mol. The number of hydrogen-bond acceptors (Lipinski definition) is 5. The van der Waals surface area contributed by atoms with Crippen LogP contribution in [0.5, 0.6) is 0 Å². The van der Waals surface area contributed by atoms with Crippen molar-refractivity contribution in [3.8, 4) is 6.07 Å². The standard InChI is InChI=1S/C10H8N4S/c1-14(10-12-7-13-15-10)9-4-2-8(6-11)3-5-9/h2-5,7H,1H3. The van der Waals surface area contributed by atoms with Crippen LogP contribution in [-0.4, -0.2) is 16.4 Å². The zero-order valence-corrected chi connectivity index (χ0v) is 8.90. The van der Waals surface area contributed by atoms with Crippen molar-refractivity contribution in [3.63, 3.8) is 0 Å². The summed E-state index contributed by atoms with van der Waals surface area (Å²) < 4.78 is 3.94. The molecule has 0 saturated heterocycles. The summed E-state index contributed by atoms with van der Waals surface area (Å²) in [5, 5.41) is 9.50. The fourth-order valence-electron chi connectivity index (χ4n) is 1.19. The Labute approximate surface area is 91.6 Å². The van der Waals surface area contributed by atoms with Gasteiger partial charge in [0.15, 0.2) is 0 Å². The van der Waals surface area contributed by atoms with Crippen molar-refractivity contribution in [2.75, 3.05) is 11.9 Å². The van der Waals surface area contributed by atoms with E-state index in [1.54, 1.807) is 12.1 Å². The van der Waals surface area contributed by atoms with Gasteiger partial charge in [0, 0.05) is 24.3 Å². The lowest BCUT2D eigenvalue weighted by molar-refractivity contribution is 1.16. The zero-order valence-electron chi connectivity index (χ0n) is 8.08. The van der Waals surface area contributed by atoms with Crippen LogP contribution in [-0.2, 0) is 0 Å². The number of hydrogen-bond donors (Lipinski definition) is 0. The van der Waals surface area contributed by atoms with Crippen molar-refractivity contribution in [2.45, 2.75) is 0 Å². The molecule has 0 saturated carbocycles. The van der Waals surface area contributed by atoms with Gasteiger partial charge in [-0.25, -0.2) is 4.98 Å². The number of nitriles is 1. The fourth-order valence-corrected chi connectivity index (χ4v) is 1.70. The Morgan fingerprint density at radius 2 is 2.07 bits per heavy atom. The van der Waals surface area contributed by atoms with Gasteiger partial charge in [-0.1, -0.05) is 0 Å². The van der Waals surface area contributed by atoms with Gasteiger partial charge in [-0.3, -0.25) is 0 Å². The molecular formula is C10H8N4S. The highest BCUT2D eigenvalue weighted by molar-refractivity contribution is 7.09. The lowest BCUT2D eigenvalue weighted by Crippen LogP contribution is -2.08. The highest BCUT2D eigenvalue weighted by atomic mass is 32.1. The van der Waals surface area contributed by atoms with Crippen molar-refractivity contribution >= 4 is 22.4 Å². The van der Waals surface area contributed by atoms with Crippen LogP contribution in [0.4, 0.5) is 10.8 Å². The van der Waals surface area contributed by atoms with Gasteiger partial charge in [0.05, 0.1) is 11.6 Å². The maximum atomic E-state index is 8.67. The quantitative estimate of drug-likeness (QED) is 0.772. The summed E-state index contributed by atoms with van der Waals surface area (Å²) in [5.41, 5.74) is 1.65. The average Bonchev–Trinajstić information content (AvgIpc) is 2.82. The van der Waals surface area contributed by atoms with E-state index in [2.05, 4.69) is 15.4 Å². The van der Waals surface area contributed by atoms with E-state index < -0.39 is 0 Å². The molecule has 0 radical (unpaired) electrons. The number of aromatic nitrogens is 2. The van der Waals surface area contributed by atoms with E-state index in [9.17, 15) is 0 Å². The van der Waals surface area contributed by atoms with Crippen LogP contribution in [0.3, 0.4) is 0 Å². The Hall–Kier alpha value is -1.93. The first-order valence-corrected chi connectivity index (χ1v) is 5.09. The minimum absolute atomic E-state index is 0.657. The van der Waals surface area contributed by atoms with Crippen LogP contribution in [0.25, 0.3) is 0 Å². The summed E-state index contributed by atoms with van der Waals surface area (Å²) in [7, 11) is 1.92. The molecule has 0 fully saturated rings. The maximum Gasteiger partial charge on any atom is 0.209 e. The van der Waals surface area contributed by atoms with Crippen LogP contribution in [0.2, 0.25) is 0 Å². The molecule has 4 nitrogen and oxygen atoms in total. The van der Waals surface area contributed by atoms with Gasteiger partial charge in [-0.15, -0.1) is 0 Å². The largest absolute Gasteiger partial charge is 0.320 e. The molecule has 0 bridgehead atoms. The van der Waals surface area contributed by atoms with Crippen LogP contribution in [0, 0.1) is 11.3 Å². The summed E-state index contributed by atoms with van der Waals surface area (Å²) in [6, 6.07) is 9.43. The molecule has 0 N–H and O–H groups in total.